The Bertz CT molecular complexity index is 599. The van der Waals surface area contributed by atoms with E-state index in [0.29, 0.717) is 5.56 Å². The third-order valence-electron chi connectivity index (χ3n) is 2.55. The molecule has 0 unspecified atom stereocenters. The van der Waals surface area contributed by atoms with E-state index in [2.05, 4.69) is 0 Å². The van der Waals surface area contributed by atoms with Crippen molar-refractivity contribution in [2.45, 2.75) is 12.5 Å². The van der Waals surface area contributed by atoms with E-state index in [4.69, 9.17) is 10.2 Å². The van der Waals surface area contributed by atoms with Crippen LogP contribution in [-0.4, -0.2) is 54.1 Å². The third kappa shape index (κ3) is 4.08. The topological polar surface area (TPSA) is 127 Å². The van der Waals surface area contributed by atoms with Gasteiger partial charge < -0.3 is 15.3 Å². The van der Waals surface area contributed by atoms with Gasteiger partial charge in [-0.05, 0) is 24.1 Å². The first-order chi connectivity index (χ1) is 9.13. The molecule has 1 atom stereocenters. The van der Waals surface area contributed by atoms with Crippen molar-refractivity contribution in [2.24, 2.45) is 0 Å². The number of nitrogens with zero attached hydrogens (tertiary/aromatic N) is 1. The first-order valence-corrected chi connectivity index (χ1v) is 7.01. The van der Waals surface area contributed by atoms with Crippen LogP contribution in [0, 0.1) is 0 Å². The monoisotopic (exact) mass is 304 g/mol. The van der Waals surface area contributed by atoms with E-state index in [1.807, 2.05) is 4.72 Å². The molecular formula is C11H16N2O6S. The lowest BCUT2D eigenvalue weighted by atomic mass is 10.1. The smallest absolute Gasteiger partial charge is 0.322 e. The summed E-state index contributed by atoms with van der Waals surface area (Å²) in [6, 6.07) is 2.39. The van der Waals surface area contributed by atoms with Crippen LogP contribution in [0.5, 0.6) is 11.5 Å². The van der Waals surface area contributed by atoms with Crippen molar-refractivity contribution in [3.05, 3.63) is 23.8 Å². The standard InChI is InChI=1S/C11H16N2O6S/c1-13(2)20(18,19)12-8(11(16)17)5-7-3-4-9(14)10(15)6-7/h3-4,6,8,12,14-15H,5H2,1-2H3,(H,16,17)/t8-/m0/s1. The number of phenolic OH excluding ortho intramolecular Hbond substituents is 2. The van der Waals surface area contributed by atoms with Crippen LogP contribution in [0.1, 0.15) is 5.56 Å². The van der Waals surface area contributed by atoms with Crippen LogP contribution in [0.4, 0.5) is 0 Å². The molecule has 0 saturated heterocycles. The Morgan fingerprint density at radius 1 is 1.30 bits per heavy atom. The maximum Gasteiger partial charge on any atom is 0.322 e. The van der Waals surface area contributed by atoms with Crippen molar-refractivity contribution < 1.29 is 28.5 Å². The van der Waals surface area contributed by atoms with E-state index in [9.17, 15) is 18.3 Å². The van der Waals surface area contributed by atoms with Gasteiger partial charge >= 0.3 is 5.97 Å². The molecule has 0 aliphatic heterocycles. The highest BCUT2D eigenvalue weighted by atomic mass is 32.2. The van der Waals surface area contributed by atoms with Crippen molar-refractivity contribution in [1.82, 2.24) is 9.03 Å². The fraction of sp³-hybridized carbons (Fsp3) is 0.364. The van der Waals surface area contributed by atoms with Gasteiger partial charge in [-0.25, -0.2) is 0 Å². The van der Waals surface area contributed by atoms with E-state index in [1.54, 1.807) is 0 Å². The number of phenols is 2. The predicted molar refractivity (Wildman–Crippen MR) is 70.6 cm³/mol. The minimum absolute atomic E-state index is 0.170. The second-order valence-corrected chi connectivity index (χ2v) is 6.24. The van der Waals surface area contributed by atoms with Gasteiger partial charge in [0.15, 0.2) is 11.5 Å². The maximum atomic E-state index is 11.6. The number of hydrogen-bond donors (Lipinski definition) is 4. The van der Waals surface area contributed by atoms with Gasteiger partial charge in [0.1, 0.15) is 6.04 Å². The van der Waals surface area contributed by atoms with Crippen LogP contribution in [-0.2, 0) is 21.4 Å². The Morgan fingerprint density at radius 2 is 1.90 bits per heavy atom. The van der Waals surface area contributed by atoms with Crippen molar-refractivity contribution in [2.75, 3.05) is 14.1 Å². The Balaban J connectivity index is 2.93. The molecule has 0 aromatic heterocycles. The van der Waals surface area contributed by atoms with E-state index >= 15 is 0 Å². The van der Waals surface area contributed by atoms with Crippen LogP contribution in [0.3, 0.4) is 0 Å². The molecule has 0 heterocycles. The fourth-order valence-electron chi connectivity index (χ4n) is 1.40. The number of rotatable bonds is 6. The predicted octanol–water partition coefficient (Wildman–Crippen LogP) is -0.510. The van der Waals surface area contributed by atoms with Crippen molar-refractivity contribution in [3.63, 3.8) is 0 Å². The molecule has 0 aliphatic rings. The highest BCUT2D eigenvalue weighted by Gasteiger charge is 2.25. The van der Waals surface area contributed by atoms with Gasteiger partial charge in [0.25, 0.3) is 10.2 Å². The molecule has 8 nitrogen and oxygen atoms in total. The summed E-state index contributed by atoms with van der Waals surface area (Å²) in [5.74, 6) is -2.08. The molecule has 20 heavy (non-hydrogen) atoms. The van der Waals surface area contributed by atoms with E-state index < -0.39 is 28.0 Å². The van der Waals surface area contributed by atoms with E-state index in [0.717, 1.165) is 4.31 Å². The number of carbonyl (C=O) groups is 1. The molecular weight excluding hydrogens is 288 g/mol. The molecule has 1 rings (SSSR count). The molecule has 9 heteroatoms. The molecule has 0 amide bonds. The summed E-state index contributed by atoms with van der Waals surface area (Å²) in [4.78, 5) is 11.1. The number of hydrogen-bond acceptors (Lipinski definition) is 5. The maximum absolute atomic E-state index is 11.6. The Hall–Kier alpha value is -1.84. The summed E-state index contributed by atoms with van der Waals surface area (Å²) in [6.07, 6.45) is -0.170. The zero-order valence-corrected chi connectivity index (χ0v) is 11.8. The molecule has 0 aliphatic carbocycles. The van der Waals surface area contributed by atoms with Crippen molar-refractivity contribution >= 4 is 16.2 Å². The molecule has 0 saturated carbocycles. The quantitative estimate of drug-likeness (QED) is 0.524. The van der Waals surface area contributed by atoms with Gasteiger partial charge in [-0.1, -0.05) is 6.07 Å². The zero-order valence-electron chi connectivity index (χ0n) is 10.9. The summed E-state index contributed by atoms with van der Waals surface area (Å²) in [5, 5.41) is 27.5. The lowest BCUT2D eigenvalue weighted by Crippen LogP contribution is -2.47. The lowest BCUT2D eigenvalue weighted by molar-refractivity contribution is -0.138. The lowest BCUT2D eigenvalue weighted by Gasteiger charge is -2.18. The molecule has 0 bridgehead atoms. The minimum Gasteiger partial charge on any atom is -0.504 e. The highest BCUT2D eigenvalue weighted by molar-refractivity contribution is 7.87. The molecule has 0 spiro atoms. The van der Waals surface area contributed by atoms with Crippen LogP contribution in [0.15, 0.2) is 18.2 Å². The SMILES string of the molecule is CN(C)S(=O)(=O)N[C@@H](Cc1ccc(O)c(O)c1)C(=O)O. The van der Waals surface area contributed by atoms with Crippen molar-refractivity contribution in [3.8, 4) is 11.5 Å². The molecule has 0 fully saturated rings. The normalized spacial score (nSPS) is 13.3. The minimum atomic E-state index is -3.89. The first kappa shape index (κ1) is 16.2. The Morgan fingerprint density at radius 3 is 2.35 bits per heavy atom. The second-order valence-electron chi connectivity index (χ2n) is 4.32. The van der Waals surface area contributed by atoms with Gasteiger partial charge in [-0.2, -0.15) is 17.4 Å². The largest absolute Gasteiger partial charge is 0.504 e. The highest BCUT2D eigenvalue weighted by Crippen LogP contribution is 2.25. The Labute approximate surface area is 116 Å². The van der Waals surface area contributed by atoms with E-state index in [1.165, 1.54) is 32.3 Å². The summed E-state index contributed by atoms with van der Waals surface area (Å²) in [5.41, 5.74) is 0.370. The van der Waals surface area contributed by atoms with Gasteiger partial charge in [0.05, 0.1) is 0 Å². The molecule has 112 valence electrons. The fourth-order valence-corrected chi connectivity index (χ4v) is 2.15. The number of carboxylic acids is 1. The molecule has 1 aromatic carbocycles. The van der Waals surface area contributed by atoms with Gasteiger partial charge in [-0.15, -0.1) is 0 Å². The number of aromatic hydroxyl groups is 2. The van der Waals surface area contributed by atoms with Gasteiger partial charge in [-0.3, -0.25) is 4.79 Å². The van der Waals surface area contributed by atoms with E-state index in [-0.39, 0.29) is 12.2 Å². The Kier molecular flexibility index (Phi) is 4.93. The van der Waals surface area contributed by atoms with Crippen LogP contribution < -0.4 is 4.72 Å². The van der Waals surface area contributed by atoms with Crippen molar-refractivity contribution in [1.29, 1.82) is 0 Å². The van der Waals surface area contributed by atoms with Gasteiger partial charge in [0, 0.05) is 14.1 Å². The van der Waals surface area contributed by atoms with Crippen LogP contribution >= 0.6 is 0 Å². The zero-order chi connectivity index (χ0) is 15.5. The first-order valence-electron chi connectivity index (χ1n) is 5.57. The average molecular weight is 304 g/mol. The second kappa shape index (κ2) is 6.07. The van der Waals surface area contributed by atoms with Crippen LogP contribution in [0.2, 0.25) is 0 Å². The average Bonchev–Trinajstić information content (AvgIpc) is 2.32. The van der Waals surface area contributed by atoms with Gasteiger partial charge in [0.2, 0.25) is 0 Å². The summed E-state index contributed by atoms with van der Waals surface area (Å²) in [6.45, 7) is 0. The molecule has 1 aromatic rings. The summed E-state index contributed by atoms with van der Waals surface area (Å²) in [7, 11) is -1.35. The van der Waals surface area contributed by atoms with Crippen LogP contribution in [0.25, 0.3) is 0 Å². The number of carboxylic acid groups (broad SMARTS) is 1. The number of nitrogens with one attached hydrogen (secondary N) is 1. The molecule has 0 radical (unpaired) electrons. The molecule has 4 N–H and O–H groups in total. The third-order valence-corrected chi connectivity index (χ3v) is 4.09. The summed E-state index contributed by atoms with van der Waals surface area (Å²) < 4.78 is 26.1. The number of aliphatic carboxylic acids is 1. The number of benzene rings is 1. The summed E-state index contributed by atoms with van der Waals surface area (Å²) >= 11 is 0.